The molecule has 0 unspecified atom stereocenters. The third-order valence-corrected chi connectivity index (χ3v) is 2.93. The third-order valence-electron chi connectivity index (χ3n) is 2.73. The summed E-state index contributed by atoms with van der Waals surface area (Å²) >= 11 is 4.87. The minimum absolute atomic E-state index is 0.197. The molecule has 20 heavy (non-hydrogen) atoms. The zero-order valence-electron chi connectivity index (χ0n) is 10.9. The SMILES string of the molecule is NC(=S)CCN(Cc1ccccn1)C(=O)c1ccco1. The molecule has 2 aromatic heterocycles. The highest BCUT2D eigenvalue weighted by atomic mass is 32.1. The number of rotatable bonds is 6. The highest BCUT2D eigenvalue weighted by molar-refractivity contribution is 7.80. The molecule has 0 radical (unpaired) electrons. The van der Waals surface area contributed by atoms with Crippen molar-refractivity contribution in [2.24, 2.45) is 5.73 Å². The number of nitrogens with two attached hydrogens (primary N) is 1. The van der Waals surface area contributed by atoms with Crippen LogP contribution in [0.1, 0.15) is 22.7 Å². The largest absolute Gasteiger partial charge is 0.459 e. The van der Waals surface area contributed by atoms with Gasteiger partial charge in [0.05, 0.1) is 23.5 Å². The van der Waals surface area contributed by atoms with Crippen LogP contribution in [0.5, 0.6) is 0 Å². The van der Waals surface area contributed by atoms with Crippen molar-refractivity contribution in [3.63, 3.8) is 0 Å². The first-order valence-corrected chi connectivity index (χ1v) is 6.58. The van der Waals surface area contributed by atoms with E-state index in [4.69, 9.17) is 22.4 Å². The molecule has 6 heteroatoms. The molecule has 2 heterocycles. The number of furan rings is 1. The van der Waals surface area contributed by atoms with E-state index >= 15 is 0 Å². The summed E-state index contributed by atoms with van der Waals surface area (Å²) in [4.78, 5) is 18.6. The number of carbonyl (C=O) groups excluding carboxylic acids is 1. The van der Waals surface area contributed by atoms with Gasteiger partial charge < -0.3 is 15.1 Å². The smallest absolute Gasteiger partial charge is 0.289 e. The molecular formula is C14H15N3O2S. The number of carbonyl (C=O) groups is 1. The Balaban J connectivity index is 2.12. The van der Waals surface area contributed by atoms with E-state index in [1.165, 1.54) is 6.26 Å². The van der Waals surface area contributed by atoms with Crippen LogP contribution in [0.25, 0.3) is 0 Å². The number of pyridine rings is 1. The van der Waals surface area contributed by atoms with Gasteiger partial charge in [-0.05, 0) is 24.3 Å². The molecule has 0 saturated carbocycles. The number of thiocarbonyl (C=S) groups is 1. The van der Waals surface area contributed by atoms with Crippen molar-refractivity contribution in [1.82, 2.24) is 9.88 Å². The van der Waals surface area contributed by atoms with Crippen LogP contribution in [0.2, 0.25) is 0 Å². The standard InChI is InChI=1S/C14H15N3O2S/c15-13(20)6-8-17(10-11-4-1-2-7-16-11)14(18)12-5-3-9-19-12/h1-5,7,9H,6,8,10H2,(H2,15,20). The fraction of sp³-hybridized carbons (Fsp3) is 0.214. The van der Waals surface area contributed by atoms with Crippen LogP contribution in [0.4, 0.5) is 0 Å². The van der Waals surface area contributed by atoms with Gasteiger partial charge in [-0.1, -0.05) is 18.3 Å². The zero-order valence-corrected chi connectivity index (χ0v) is 11.7. The maximum atomic E-state index is 12.3. The lowest BCUT2D eigenvalue weighted by Crippen LogP contribution is -2.33. The van der Waals surface area contributed by atoms with E-state index in [1.807, 2.05) is 18.2 Å². The van der Waals surface area contributed by atoms with Crippen molar-refractivity contribution in [3.8, 4) is 0 Å². The second kappa shape index (κ2) is 6.81. The van der Waals surface area contributed by atoms with Gasteiger partial charge >= 0.3 is 0 Å². The molecule has 0 bridgehead atoms. The number of aromatic nitrogens is 1. The first kappa shape index (κ1) is 14.2. The first-order chi connectivity index (χ1) is 9.66. The lowest BCUT2D eigenvalue weighted by Gasteiger charge is -2.21. The number of hydrogen-bond donors (Lipinski definition) is 1. The maximum Gasteiger partial charge on any atom is 0.289 e. The Morgan fingerprint density at radius 1 is 1.35 bits per heavy atom. The molecule has 0 saturated heterocycles. The van der Waals surface area contributed by atoms with Crippen molar-refractivity contribution < 1.29 is 9.21 Å². The average molecular weight is 289 g/mol. The van der Waals surface area contributed by atoms with Crippen molar-refractivity contribution >= 4 is 23.1 Å². The highest BCUT2D eigenvalue weighted by Crippen LogP contribution is 2.10. The van der Waals surface area contributed by atoms with Crippen LogP contribution in [0.3, 0.4) is 0 Å². The Bertz CT molecular complexity index is 569. The van der Waals surface area contributed by atoms with Gasteiger partial charge in [0.2, 0.25) is 0 Å². The zero-order chi connectivity index (χ0) is 14.4. The van der Waals surface area contributed by atoms with Crippen molar-refractivity contribution in [2.45, 2.75) is 13.0 Å². The van der Waals surface area contributed by atoms with Gasteiger partial charge in [0.1, 0.15) is 0 Å². The average Bonchev–Trinajstić information content (AvgIpc) is 2.97. The van der Waals surface area contributed by atoms with Crippen molar-refractivity contribution in [3.05, 3.63) is 54.2 Å². The van der Waals surface area contributed by atoms with E-state index in [9.17, 15) is 4.79 Å². The van der Waals surface area contributed by atoms with Crippen LogP contribution >= 0.6 is 12.2 Å². The Morgan fingerprint density at radius 3 is 2.80 bits per heavy atom. The minimum Gasteiger partial charge on any atom is -0.459 e. The predicted molar refractivity (Wildman–Crippen MR) is 79.1 cm³/mol. The molecule has 0 aliphatic rings. The summed E-state index contributed by atoms with van der Waals surface area (Å²) in [5, 5.41) is 0. The van der Waals surface area contributed by atoms with E-state index in [0.717, 1.165) is 5.69 Å². The molecule has 2 aromatic rings. The second-order valence-corrected chi connectivity index (χ2v) is 4.77. The Hall–Kier alpha value is -2.21. The molecule has 0 aromatic carbocycles. The fourth-order valence-electron chi connectivity index (χ4n) is 1.74. The summed E-state index contributed by atoms with van der Waals surface area (Å²) in [6, 6.07) is 8.89. The van der Waals surface area contributed by atoms with Gasteiger partial charge in [0.15, 0.2) is 5.76 Å². The number of amides is 1. The Kier molecular flexibility index (Phi) is 4.84. The van der Waals surface area contributed by atoms with E-state index in [-0.39, 0.29) is 5.91 Å². The lowest BCUT2D eigenvalue weighted by atomic mass is 10.2. The summed E-state index contributed by atoms with van der Waals surface area (Å²) in [7, 11) is 0. The van der Waals surface area contributed by atoms with Crippen LogP contribution in [0, 0.1) is 0 Å². The second-order valence-electron chi connectivity index (χ2n) is 4.24. The molecule has 0 atom stereocenters. The lowest BCUT2D eigenvalue weighted by molar-refractivity contribution is 0.0714. The molecular weight excluding hydrogens is 274 g/mol. The molecule has 0 spiro atoms. The summed E-state index contributed by atoms with van der Waals surface area (Å²) in [5.74, 6) is 0.0979. The predicted octanol–water partition coefficient (Wildman–Crippen LogP) is 1.99. The van der Waals surface area contributed by atoms with Crippen molar-refractivity contribution in [1.29, 1.82) is 0 Å². The van der Waals surface area contributed by atoms with Gasteiger partial charge in [-0.3, -0.25) is 9.78 Å². The van der Waals surface area contributed by atoms with Gasteiger partial charge in [-0.2, -0.15) is 0 Å². The Morgan fingerprint density at radius 2 is 2.20 bits per heavy atom. The third kappa shape index (κ3) is 3.89. The quantitative estimate of drug-likeness (QED) is 0.823. The van der Waals surface area contributed by atoms with E-state index in [2.05, 4.69) is 4.98 Å². The topological polar surface area (TPSA) is 72.4 Å². The molecule has 2 rings (SSSR count). The highest BCUT2D eigenvalue weighted by Gasteiger charge is 2.18. The van der Waals surface area contributed by atoms with Crippen LogP contribution in [-0.4, -0.2) is 27.3 Å². The van der Waals surface area contributed by atoms with E-state index < -0.39 is 0 Å². The molecule has 0 fully saturated rings. The van der Waals surface area contributed by atoms with E-state index in [1.54, 1.807) is 23.2 Å². The van der Waals surface area contributed by atoms with Gasteiger partial charge in [0, 0.05) is 19.2 Å². The Labute approximate surface area is 122 Å². The van der Waals surface area contributed by atoms with Crippen molar-refractivity contribution in [2.75, 3.05) is 6.54 Å². The summed E-state index contributed by atoms with van der Waals surface area (Å²) < 4.78 is 5.15. The fourth-order valence-corrected chi connectivity index (χ4v) is 1.83. The monoisotopic (exact) mass is 289 g/mol. The van der Waals surface area contributed by atoms with E-state index in [0.29, 0.717) is 30.3 Å². The van der Waals surface area contributed by atoms with Crippen LogP contribution in [0.15, 0.2) is 47.2 Å². The molecule has 0 aliphatic carbocycles. The van der Waals surface area contributed by atoms with Gasteiger partial charge in [0.25, 0.3) is 5.91 Å². The van der Waals surface area contributed by atoms with Crippen LogP contribution in [-0.2, 0) is 6.54 Å². The molecule has 104 valence electrons. The summed E-state index contributed by atoms with van der Waals surface area (Å²) in [6.45, 7) is 0.828. The van der Waals surface area contributed by atoms with Gasteiger partial charge in [-0.15, -0.1) is 0 Å². The first-order valence-electron chi connectivity index (χ1n) is 6.18. The van der Waals surface area contributed by atoms with Crippen LogP contribution < -0.4 is 5.73 Å². The normalized spacial score (nSPS) is 10.2. The molecule has 0 aliphatic heterocycles. The van der Waals surface area contributed by atoms with Gasteiger partial charge in [-0.25, -0.2) is 0 Å². The summed E-state index contributed by atoms with van der Waals surface area (Å²) in [5.41, 5.74) is 6.31. The minimum atomic E-state index is -0.197. The molecule has 5 nitrogen and oxygen atoms in total. The molecule has 1 amide bonds. The summed E-state index contributed by atoms with van der Waals surface area (Å²) in [6.07, 6.45) is 3.63. The number of nitrogens with zero attached hydrogens (tertiary/aromatic N) is 2. The molecule has 2 N–H and O–H groups in total. The number of hydrogen-bond acceptors (Lipinski definition) is 4. The maximum absolute atomic E-state index is 12.3.